The third-order valence-electron chi connectivity index (χ3n) is 3.77. The van der Waals surface area contributed by atoms with Crippen LogP contribution < -0.4 is 5.32 Å². The van der Waals surface area contributed by atoms with Gasteiger partial charge in [0.1, 0.15) is 0 Å². The molecule has 0 fully saturated rings. The Labute approximate surface area is 131 Å². The molecule has 0 aliphatic rings. The van der Waals surface area contributed by atoms with Crippen LogP contribution in [0.2, 0.25) is 0 Å². The second-order valence-corrected chi connectivity index (χ2v) is 5.87. The van der Waals surface area contributed by atoms with E-state index in [1.54, 1.807) is 16.6 Å². The molecule has 118 valence electrons. The van der Waals surface area contributed by atoms with Crippen LogP contribution in [0.15, 0.2) is 24.4 Å². The lowest BCUT2D eigenvalue weighted by Gasteiger charge is -2.18. The molecule has 1 heterocycles. The van der Waals surface area contributed by atoms with Gasteiger partial charge in [-0.3, -0.25) is 4.68 Å². The van der Waals surface area contributed by atoms with Crippen LogP contribution in [-0.2, 0) is 20.1 Å². The Morgan fingerprint density at radius 3 is 2.45 bits per heavy atom. The minimum atomic E-state index is -0.0926. The van der Waals surface area contributed by atoms with Gasteiger partial charge in [0.15, 0.2) is 0 Å². The lowest BCUT2D eigenvalue weighted by atomic mass is 10.00. The van der Waals surface area contributed by atoms with Gasteiger partial charge in [-0.1, -0.05) is 17.7 Å². The van der Waals surface area contributed by atoms with Gasteiger partial charge in [-0.15, -0.1) is 0 Å². The molecule has 2 aromatic rings. The van der Waals surface area contributed by atoms with Gasteiger partial charge in [0.2, 0.25) is 0 Å². The van der Waals surface area contributed by atoms with Crippen molar-refractivity contribution in [3.05, 3.63) is 52.3 Å². The van der Waals surface area contributed by atoms with Crippen molar-refractivity contribution in [1.29, 1.82) is 0 Å². The number of rotatable bonds is 4. The molecule has 0 radical (unpaired) electrons. The molecule has 0 bridgehead atoms. The Balaban J connectivity index is 1.95. The van der Waals surface area contributed by atoms with Crippen molar-refractivity contribution in [2.24, 2.45) is 7.05 Å². The topological polar surface area (TPSA) is 50.2 Å². The molecule has 1 aromatic carbocycles. The van der Waals surface area contributed by atoms with Crippen LogP contribution in [0, 0.1) is 20.8 Å². The molecule has 5 nitrogen and oxygen atoms in total. The van der Waals surface area contributed by atoms with Crippen LogP contribution in [0.5, 0.6) is 0 Å². The number of carbonyl (C=O) groups excluding carboxylic acids is 1. The predicted octanol–water partition coefficient (Wildman–Crippen LogP) is 2.69. The van der Waals surface area contributed by atoms with Gasteiger partial charge in [0.05, 0.1) is 12.2 Å². The van der Waals surface area contributed by atoms with E-state index in [1.807, 2.05) is 19.3 Å². The highest BCUT2D eigenvalue weighted by Crippen LogP contribution is 2.16. The van der Waals surface area contributed by atoms with Gasteiger partial charge in [0.25, 0.3) is 0 Å². The zero-order valence-corrected chi connectivity index (χ0v) is 14.0. The van der Waals surface area contributed by atoms with E-state index < -0.39 is 0 Å². The van der Waals surface area contributed by atoms with E-state index >= 15 is 0 Å². The standard InChI is InChI=1S/C17H24N4O/c1-12-8-13(2)16(14(3)9-12)10-18-17(22)20(4)11-15-6-7-21(5)19-15/h6-9H,10-11H2,1-5H3,(H,18,22). The van der Waals surface area contributed by atoms with E-state index in [1.165, 1.54) is 22.3 Å². The van der Waals surface area contributed by atoms with Crippen molar-refractivity contribution < 1.29 is 4.79 Å². The molecule has 0 atom stereocenters. The smallest absolute Gasteiger partial charge is 0.317 e. The van der Waals surface area contributed by atoms with Gasteiger partial charge in [-0.2, -0.15) is 5.10 Å². The van der Waals surface area contributed by atoms with E-state index in [4.69, 9.17) is 0 Å². The van der Waals surface area contributed by atoms with E-state index in [0.717, 1.165) is 5.69 Å². The molecule has 0 saturated carbocycles. The van der Waals surface area contributed by atoms with Crippen molar-refractivity contribution >= 4 is 6.03 Å². The largest absolute Gasteiger partial charge is 0.334 e. The van der Waals surface area contributed by atoms with Crippen molar-refractivity contribution in [2.75, 3.05) is 7.05 Å². The highest BCUT2D eigenvalue weighted by atomic mass is 16.2. The number of aromatic nitrogens is 2. The molecule has 2 rings (SSSR count). The van der Waals surface area contributed by atoms with Crippen LogP contribution in [-0.4, -0.2) is 27.8 Å². The average Bonchev–Trinajstić information content (AvgIpc) is 2.82. The maximum Gasteiger partial charge on any atom is 0.317 e. The second-order valence-electron chi connectivity index (χ2n) is 5.87. The zero-order chi connectivity index (χ0) is 16.3. The van der Waals surface area contributed by atoms with Crippen molar-refractivity contribution in [2.45, 2.75) is 33.9 Å². The van der Waals surface area contributed by atoms with Crippen LogP contribution in [0.25, 0.3) is 0 Å². The number of hydrogen-bond donors (Lipinski definition) is 1. The molecule has 2 amide bonds. The first-order chi connectivity index (χ1) is 10.4. The summed E-state index contributed by atoms with van der Waals surface area (Å²) in [6, 6.07) is 6.11. The first-order valence-electron chi connectivity index (χ1n) is 7.41. The number of hydrogen-bond acceptors (Lipinski definition) is 2. The Morgan fingerprint density at radius 1 is 1.27 bits per heavy atom. The predicted molar refractivity (Wildman–Crippen MR) is 87.6 cm³/mol. The molecule has 0 unspecified atom stereocenters. The molecular formula is C17H24N4O. The number of amides is 2. The molecule has 1 N–H and O–H groups in total. The quantitative estimate of drug-likeness (QED) is 0.944. The maximum atomic E-state index is 12.2. The third-order valence-corrected chi connectivity index (χ3v) is 3.77. The molecule has 0 saturated heterocycles. The summed E-state index contributed by atoms with van der Waals surface area (Å²) in [5.74, 6) is 0. The average molecular weight is 300 g/mol. The van der Waals surface area contributed by atoms with Gasteiger partial charge in [-0.05, 0) is 43.5 Å². The fourth-order valence-electron chi connectivity index (χ4n) is 2.65. The van der Waals surface area contributed by atoms with Crippen LogP contribution >= 0.6 is 0 Å². The molecule has 22 heavy (non-hydrogen) atoms. The summed E-state index contributed by atoms with van der Waals surface area (Å²) in [6.45, 7) is 7.29. The normalized spacial score (nSPS) is 10.6. The highest BCUT2D eigenvalue weighted by Gasteiger charge is 2.11. The van der Waals surface area contributed by atoms with Crippen molar-refractivity contribution in [3.63, 3.8) is 0 Å². The minimum absolute atomic E-state index is 0.0926. The summed E-state index contributed by atoms with van der Waals surface area (Å²) in [7, 11) is 3.64. The van der Waals surface area contributed by atoms with Gasteiger partial charge in [-0.25, -0.2) is 4.79 Å². The SMILES string of the molecule is Cc1cc(C)c(CNC(=O)N(C)Cc2ccn(C)n2)c(C)c1. The number of nitrogens with zero attached hydrogens (tertiary/aromatic N) is 3. The summed E-state index contributed by atoms with van der Waals surface area (Å²) in [5, 5.41) is 7.26. The van der Waals surface area contributed by atoms with E-state index in [2.05, 4.69) is 43.3 Å². The van der Waals surface area contributed by atoms with Crippen molar-refractivity contribution in [1.82, 2.24) is 20.0 Å². The summed E-state index contributed by atoms with van der Waals surface area (Å²) in [5.41, 5.74) is 5.74. The Kier molecular flexibility index (Phi) is 4.85. The van der Waals surface area contributed by atoms with Gasteiger partial charge >= 0.3 is 6.03 Å². The number of carbonyl (C=O) groups is 1. The molecular weight excluding hydrogens is 276 g/mol. The van der Waals surface area contributed by atoms with Crippen molar-refractivity contribution in [3.8, 4) is 0 Å². The second kappa shape index (κ2) is 6.64. The van der Waals surface area contributed by atoms with Crippen LogP contribution in [0.1, 0.15) is 27.9 Å². The fraction of sp³-hybridized carbons (Fsp3) is 0.412. The molecule has 0 aliphatic heterocycles. The minimum Gasteiger partial charge on any atom is -0.334 e. The monoisotopic (exact) mass is 300 g/mol. The Bertz CT molecular complexity index is 652. The molecule has 1 aromatic heterocycles. The summed E-state index contributed by atoms with van der Waals surface area (Å²) < 4.78 is 1.74. The first-order valence-corrected chi connectivity index (χ1v) is 7.41. The summed E-state index contributed by atoms with van der Waals surface area (Å²) in [4.78, 5) is 13.8. The summed E-state index contributed by atoms with van der Waals surface area (Å²) in [6.07, 6.45) is 1.88. The van der Waals surface area contributed by atoms with E-state index in [0.29, 0.717) is 13.1 Å². The van der Waals surface area contributed by atoms with E-state index in [9.17, 15) is 4.79 Å². The lowest BCUT2D eigenvalue weighted by Crippen LogP contribution is -2.36. The third kappa shape index (κ3) is 3.87. The number of urea groups is 1. The Hall–Kier alpha value is -2.30. The lowest BCUT2D eigenvalue weighted by molar-refractivity contribution is 0.206. The van der Waals surface area contributed by atoms with Crippen LogP contribution in [0.4, 0.5) is 4.79 Å². The Morgan fingerprint density at radius 2 is 1.91 bits per heavy atom. The maximum absolute atomic E-state index is 12.2. The molecule has 0 spiro atoms. The summed E-state index contributed by atoms with van der Waals surface area (Å²) >= 11 is 0. The number of aryl methyl sites for hydroxylation is 4. The molecule has 0 aliphatic carbocycles. The van der Waals surface area contributed by atoms with Crippen LogP contribution in [0.3, 0.4) is 0 Å². The molecule has 5 heteroatoms. The highest BCUT2D eigenvalue weighted by molar-refractivity contribution is 5.73. The number of nitrogens with one attached hydrogen (secondary N) is 1. The van der Waals surface area contributed by atoms with E-state index in [-0.39, 0.29) is 6.03 Å². The van der Waals surface area contributed by atoms with Gasteiger partial charge in [0, 0.05) is 26.8 Å². The number of benzene rings is 1. The first kappa shape index (κ1) is 16.1. The zero-order valence-electron chi connectivity index (χ0n) is 14.0. The van der Waals surface area contributed by atoms with Gasteiger partial charge < -0.3 is 10.2 Å². The fourth-order valence-corrected chi connectivity index (χ4v) is 2.65.